The average molecular weight is 264 g/mol. The Morgan fingerprint density at radius 2 is 2.16 bits per heavy atom. The molecule has 19 heavy (non-hydrogen) atoms. The third-order valence-corrected chi connectivity index (χ3v) is 3.79. The Kier molecular flexibility index (Phi) is 5.00. The predicted molar refractivity (Wildman–Crippen MR) is 75.1 cm³/mol. The maximum absolute atomic E-state index is 12.6. The molecule has 0 bridgehead atoms. The fourth-order valence-corrected chi connectivity index (χ4v) is 2.65. The monoisotopic (exact) mass is 264 g/mol. The molecule has 1 aliphatic carbocycles. The van der Waals surface area contributed by atoms with E-state index in [1.165, 1.54) is 19.3 Å². The molecule has 4 heteroatoms. The number of aromatic nitrogens is 1. The van der Waals surface area contributed by atoms with Crippen molar-refractivity contribution in [3.63, 3.8) is 0 Å². The highest BCUT2D eigenvalue weighted by atomic mass is 16.4. The van der Waals surface area contributed by atoms with Gasteiger partial charge in [0.25, 0.3) is 0 Å². The van der Waals surface area contributed by atoms with Gasteiger partial charge in [0.2, 0.25) is 5.91 Å². The number of hydrogen-bond acceptors (Lipinski definition) is 3. The topological polar surface area (TPSA) is 46.3 Å². The molecule has 4 nitrogen and oxygen atoms in total. The molecule has 1 aromatic heterocycles. The second-order valence-electron chi connectivity index (χ2n) is 5.45. The number of carbonyl (C=O) groups is 1. The Bertz CT molecular complexity index is 408. The van der Waals surface area contributed by atoms with Crippen molar-refractivity contribution in [2.45, 2.75) is 58.8 Å². The lowest BCUT2D eigenvalue weighted by Crippen LogP contribution is -2.38. The second-order valence-corrected chi connectivity index (χ2v) is 5.45. The van der Waals surface area contributed by atoms with Crippen molar-refractivity contribution in [1.29, 1.82) is 0 Å². The highest BCUT2D eigenvalue weighted by molar-refractivity contribution is 5.93. The van der Waals surface area contributed by atoms with E-state index < -0.39 is 0 Å². The van der Waals surface area contributed by atoms with E-state index in [-0.39, 0.29) is 11.8 Å². The summed E-state index contributed by atoms with van der Waals surface area (Å²) in [6.07, 6.45) is 9.29. The van der Waals surface area contributed by atoms with Crippen LogP contribution in [-0.4, -0.2) is 17.4 Å². The summed E-state index contributed by atoms with van der Waals surface area (Å²) in [6.45, 7) is 4.73. The molecule has 0 atom stereocenters. The third kappa shape index (κ3) is 3.58. The number of carbonyl (C=O) groups excluding carboxylic acids is 1. The summed E-state index contributed by atoms with van der Waals surface area (Å²) in [6, 6.07) is 0.474. The summed E-state index contributed by atoms with van der Waals surface area (Å²) in [5.74, 6) is 0.368. The number of aryl methyl sites for hydroxylation is 1. The molecule has 0 saturated heterocycles. The summed E-state index contributed by atoms with van der Waals surface area (Å²) >= 11 is 0. The fraction of sp³-hybridized carbons (Fsp3) is 0.733. The van der Waals surface area contributed by atoms with Gasteiger partial charge in [-0.2, -0.15) is 4.98 Å². The van der Waals surface area contributed by atoms with Crippen LogP contribution in [-0.2, 0) is 4.79 Å². The lowest BCUT2D eigenvalue weighted by molar-refractivity contribution is -0.123. The molecule has 1 amide bonds. The lowest BCUT2D eigenvalue weighted by atomic mass is 9.88. The van der Waals surface area contributed by atoms with Crippen molar-refractivity contribution in [2.24, 2.45) is 5.92 Å². The highest BCUT2D eigenvalue weighted by Gasteiger charge is 2.28. The van der Waals surface area contributed by atoms with Crippen LogP contribution in [0.3, 0.4) is 0 Å². The number of oxazole rings is 1. The van der Waals surface area contributed by atoms with Crippen molar-refractivity contribution in [2.75, 3.05) is 11.4 Å². The van der Waals surface area contributed by atoms with Gasteiger partial charge in [0.15, 0.2) is 0 Å². The fourth-order valence-electron chi connectivity index (χ4n) is 2.65. The molecule has 1 heterocycles. The summed E-state index contributed by atoms with van der Waals surface area (Å²) in [5, 5.41) is 0. The van der Waals surface area contributed by atoms with E-state index in [0.717, 1.165) is 31.4 Å². The van der Waals surface area contributed by atoms with Crippen molar-refractivity contribution in [3.05, 3.63) is 12.0 Å². The van der Waals surface area contributed by atoms with Crippen molar-refractivity contribution >= 4 is 11.9 Å². The normalized spacial score (nSPS) is 16.5. The van der Waals surface area contributed by atoms with Crippen LogP contribution >= 0.6 is 0 Å². The molecule has 1 aromatic rings. The van der Waals surface area contributed by atoms with Gasteiger partial charge >= 0.3 is 6.01 Å². The highest BCUT2D eigenvalue weighted by Crippen LogP contribution is 2.27. The molecule has 1 saturated carbocycles. The SMILES string of the molecule is CCCCN(C(=O)C1CCCCC1)c1nc(C)co1. The maximum Gasteiger partial charge on any atom is 0.304 e. The van der Waals surface area contributed by atoms with Crippen molar-refractivity contribution < 1.29 is 9.21 Å². The van der Waals surface area contributed by atoms with Crippen LogP contribution in [0, 0.1) is 12.8 Å². The summed E-state index contributed by atoms with van der Waals surface area (Å²) in [5.41, 5.74) is 0.827. The van der Waals surface area contributed by atoms with E-state index >= 15 is 0 Å². The Morgan fingerprint density at radius 3 is 2.74 bits per heavy atom. The minimum Gasteiger partial charge on any atom is -0.431 e. The molecule has 1 aliphatic rings. The average Bonchev–Trinajstić information content (AvgIpc) is 2.86. The minimum absolute atomic E-state index is 0.165. The van der Waals surface area contributed by atoms with E-state index in [1.807, 2.05) is 6.92 Å². The molecule has 106 valence electrons. The second kappa shape index (κ2) is 6.73. The van der Waals surface area contributed by atoms with Crippen LogP contribution in [0.15, 0.2) is 10.7 Å². The molecule has 2 rings (SSSR count). The van der Waals surface area contributed by atoms with Gasteiger partial charge in [0.05, 0.1) is 5.69 Å². The van der Waals surface area contributed by atoms with Crippen LogP contribution in [0.4, 0.5) is 6.01 Å². The van der Waals surface area contributed by atoms with Gasteiger partial charge < -0.3 is 4.42 Å². The lowest BCUT2D eigenvalue weighted by Gasteiger charge is -2.26. The minimum atomic E-state index is 0.165. The van der Waals surface area contributed by atoms with E-state index in [0.29, 0.717) is 12.6 Å². The van der Waals surface area contributed by atoms with Crippen LogP contribution in [0.25, 0.3) is 0 Å². The van der Waals surface area contributed by atoms with Crippen LogP contribution in [0.2, 0.25) is 0 Å². The number of amides is 1. The number of unbranched alkanes of at least 4 members (excludes halogenated alkanes) is 1. The zero-order valence-electron chi connectivity index (χ0n) is 12.0. The smallest absolute Gasteiger partial charge is 0.304 e. The molecule has 0 N–H and O–H groups in total. The number of rotatable bonds is 5. The molecular weight excluding hydrogens is 240 g/mol. The Morgan fingerprint density at radius 1 is 1.42 bits per heavy atom. The van der Waals surface area contributed by atoms with E-state index in [2.05, 4.69) is 11.9 Å². The van der Waals surface area contributed by atoms with E-state index in [9.17, 15) is 4.79 Å². The molecular formula is C15H24N2O2. The first-order valence-corrected chi connectivity index (χ1v) is 7.46. The molecule has 0 radical (unpaired) electrons. The maximum atomic E-state index is 12.6. The molecule has 0 aliphatic heterocycles. The van der Waals surface area contributed by atoms with Crippen LogP contribution in [0.1, 0.15) is 57.6 Å². The van der Waals surface area contributed by atoms with Crippen molar-refractivity contribution in [3.8, 4) is 0 Å². The van der Waals surface area contributed by atoms with Gasteiger partial charge in [-0.25, -0.2) is 0 Å². The van der Waals surface area contributed by atoms with Gasteiger partial charge in [-0.05, 0) is 26.2 Å². The molecule has 0 spiro atoms. The first kappa shape index (κ1) is 14.1. The van der Waals surface area contributed by atoms with Crippen LogP contribution in [0.5, 0.6) is 0 Å². The Balaban J connectivity index is 2.09. The van der Waals surface area contributed by atoms with Crippen LogP contribution < -0.4 is 4.90 Å². The third-order valence-electron chi connectivity index (χ3n) is 3.79. The quantitative estimate of drug-likeness (QED) is 0.814. The Hall–Kier alpha value is -1.32. The molecule has 0 aromatic carbocycles. The van der Waals surface area contributed by atoms with E-state index in [1.54, 1.807) is 11.2 Å². The summed E-state index contributed by atoms with van der Waals surface area (Å²) < 4.78 is 5.43. The van der Waals surface area contributed by atoms with Crippen molar-refractivity contribution in [1.82, 2.24) is 4.98 Å². The predicted octanol–water partition coefficient (Wildman–Crippen LogP) is 3.70. The summed E-state index contributed by atoms with van der Waals surface area (Å²) in [4.78, 5) is 18.7. The zero-order valence-corrected chi connectivity index (χ0v) is 12.0. The van der Waals surface area contributed by atoms with E-state index in [4.69, 9.17) is 4.42 Å². The molecule has 1 fully saturated rings. The number of anilines is 1. The number of nitrogens with zero attached hydrogens (tertiary/aromatic N) is 2. The standard InChI is InChI=1S/C15H24N2O2/c1-3-4-10-17(15-16-12(2)11-19-15)14(18)13-8-6-5-7-9-13/h11,13H,3-10H2,1-2H3. The number of hydrogen-bond donors (Lipinski definition) is 0. The van der Waals surface area contributed by atoms with Gasteiger partial charge in [-0.1, -0.05) is 32.6 Å². The largest absolute Gasteiger partial charge is 0.431 e. The van der Waals surface area contributed by atoms with Gasteiger partial charge in [-0.15, -0.1) is 0 Å². The molecule has 0 unspecified atom stereocenters. The van der Waals surface area contributed by atoms with Gasteiger partial charge in [0, 0.05) is 12.5 Å². The van der Waals surface area contributed by atoms with Gasteiger partial charge in [0.1, 0.15) is 6.26 Å². The Labute approximate surface area is 115 Å². The first-order chi connectivity index (χ1) is 9.22. The first-order valence-electron chi connectivity index (χ1n) is 7.46. The van der Waals surface area contributed by atoms with Gasteiger partial charge in [-0.3, -0.25) is 9.69 Å². The summed E-state index contributed by atoms with van der Waals surface area (Å²) in [7, 11) is 0. The zero-order chi connectivity index (χ0) is 13.7.